The minimum absolute atomic E-state index is 0.0931. The molecular formula is C15H21N3O3. The van der Waals surface area contributed by atoms with E-state index < -0.39 is 0 Å². The first-order chi connectivity index (χ1) is 10.2. The van der Waals surface area contributed by atoms with Gasteiger partial charge in [0, 0.05) is 38.0 Å². The lowest BCUT2D eigenvalue weighted by Crippen LogP contribution is -2.37. The van der Waals surface area contributed by atoms with Crippen LogP contribution in [0.5, 0.6) is 0 Å². The second-order valence-corrected chi connectivity index (χ2v) is 5.72. The number of ether oxygens (including phenoxy) is 1. The van der Waals surface area contributed by atoms with Crippen molar-refractivity contribution >= 4 is 11.5 Å². The van der Waals surface area contributed by atoms with Crippen molar-refractivity contribution in [1.29, 1.82) is 0 Å². The fourth-order valence-electron chi connectivity index (χ4n) is 3.06. The first-order valence-electron chi connectivity index (χ1n) is 7.66. The van der Waals surface area contributed by atoms with Crippen LogP contribution in [0.1, 0.15) is 25.7 Å². The van der Waals surface area contributed by atoms with Crippen molar-refractivity contribution in [3.05, 3.63) is 22.6 Å². The summed E-state index contributed by atoms with van der Waals surface area (Å²) >= 11 is 0. The highest BCUT2D eigenvalue weighted by atomic mass is 16.5. The number of carbonyl (C=O) groups excluding carboxylic acids is 1. The fourth-order valence-corrected chi connectivity index (χ4v) is 3.06. The molecule has 21 heavy (non-hydrogen) atoms. The summed E-state index contributed by atoms with van der Waals surface area (Å²) in [5.74, 6) is 0.464. The average Bonchev–Trinajstić information content (AvgIpc) is 2.92. The zero-order chi connectivity index (χ0) is 14.7. The molecule has 1 aromatic rings. The Morgan fingerprint density at radius 1 is 1.29 bits per heavy atom. The third-order valence-electron chi connectivity index (χ3n) is 4.35. The standard InChI is InChI=1S/C15H21N3O3/c19-14-3-1-2-12(14)4-5-18-15(20)10-13(11-16-18)17-6-8-21-9-7-17/h10-12H,1-9H2. The summed E-state index contributed by atoms with van der Waals surface area (Å²) in [6.07, 6.45) is 5.11. The maximum Gasteiger partial charge on any atom is 0.268 e. The minimum atomic E-state index is -0.0931. The van der Waals surface area contributed by atoms with Crippen LogP contribution >= 0.6 is 0 Å². The zero-order valence-electron chi connectivity index (χ0n) is 12.2. The first kappa shape index (κ1) is 14.3. The Kier molecular flexibility index (Phi) is 4.34. The van der Waals surface area contributed by atoms with Crippen LogP contribution in [-0.4, -0.2) is 41.9 Å². The molecule has 1 unspecified atom stereocenters. The second-order valence-electron chi connectivity index (χ2n) is 5.72. The molecule has 1 aromatic heterocycles. The largest absolute Gasteiger partial charge is 0.378 e. The molecule has 2 heterocycles. The predicted molar refractivity (Wildman–Crippen MR) is 78.5 cm³/mol. The summed E-state index contributed by atoms with van der Waals surface area (Å²) in [6.45, 7) is 3.49. The van der Waals surface area contributed by atoms with E-state index in [1.807, 2.05) is 0 Å². The summed E-state index contributed by atoms with van der Waals surface area (Å²) < 4.78 is 6.77. The molecule has 2 fully saturated rings. The van der Waals surface area contributed by atoms with Gasteiger partial charge >= 0.3 is 0 Å². The molecule has 1 aliphatic carbocycles. The van der Waals surface area contributed by atoms with Crippen LogP contribution in [0.15, 0.2) is 17.1 Å². The van der Waals surface area contributed by atoms with Crippen LogP contribution < -0.4 is 10.5 Å². The van der Waals surface area contributed by atoms with E-state index >= 15 is 0 Å². The summed E-state index contributed by atoms with van der Waals surface area (Å²) in [6, 6.07) is 1.63. The van der Waals surface area contributed by atoms with E-state index in [1.165, 1.54) is 4.68 Å². The SMILES string of the molecule is O=C1CCCC1CCn1ncc(N2CCOCC2)cc1=O. The van der Waals surface area contributed by atoms with Gasteiger partial charge < -0.3 is 9.64 Å². The quantitative estimate of drug-likeness (QED) is 0.822. The van der Waals surface area contributed by atoms with Gasteiger partial charge in [-0.05, 0) is 19.3 Å². The number of aryl methyl sites for hydroxylation is 1. The number of anilines is 1. The summed E-state index contributed by atoms with van der Waals surface area (Å²) in [5.41, 5.74) is 0.765. The van der Waals surface area contributed by atoms with Crippen LogP contribution in [0.4, 0.5) is 5.69 Å². The lowest BCUT2D eigenvalue weighted by atomic mass is 10.0. The molecule has 3 rings (SSSR count). The summed E-state index contributed by atoms with van der Waals surface area (Å²) in [4.78, 5) is 25.9. The van der Waals surface area contributed by atoms with E-state index in [-0.39, 0.29) is 11.5 Å². The highest BCUT2D eigenvalue weighted by molar-refractivity contribution is 5.82. The van der Waals surface area contributed by atoms with Crippen molar-refractivity contribution in [2.24, 2.45) is 5.92 Å². The van der Waals surface area contributed by atoms with E-state index in [0.29, 0.717) is 32.0 Å². The predicted octanol–water partition coefficient (Wildman–Crippen LogP) is 0.839. The van der Waals surface area contributed by atoms with Crippen LogP contribution in [-0.2, 0) is 16.1 Å². The molecule has 0 bridgehead atoms. The number of carbonyl (C=O) groups is 1. The molecule has 0 aromatic carbocycles. The number of hydrogen-bond acceptors (Lipinski definition) is 5. The zero-order valence-corrected chi connectivity index (χ0v) is 12.2. The smallest absolute Gasteiger partial charge is 0.268 e. The van der Waals surface area contributed by atoms with E-state index in [0.717, 1.165) is 38.0 Å². The number of ketones is 1. The van der Waals surface area contributed by atoms with E-state index in [1.54, 1.807) is 12.3 Å². The number of rotatable bonds is 4. The van der Waals surface area contributed by atoms with E-state index in [4.69, 9.17) is 4.74 Å². The van der Waals surface area contributed by atoms with Crippen LogP contribution in [0.2, 0.25) is 0 Å². The van der Waals surface area contributed by atoms with Gasteiger partial charge in [0.05, 0.1) is 25.1 Å². The maximum atomic E-state index is 12.1. The second kappa shape index (κ2) is 6.39. The van der Waals surface area contributed by atoms with Gasteiger partial charge in [-0.1, -0.05) is 0 Å². The lowest BCUT2D eigenvalue weighted by Gasteiger charge is -2.28. The summed E-state index contributed by atoms with van der Waals surface area (Å²) in [7, 11) is 0. The molecule has 1 saturated heterocycles. The Labute approximate surface area is 123 Å². The monoisotopic (exact) mass is 291 g/mol. The Balaban J connectivity index is 1.64. The maximum absolute atomic E-state index is 12.1. The van der Waals surface area contributed by atoms with Crippen molar-refractivity contribution in [2.45, 2.75) is 32.2 Å². The van der Waals surface area contributed by atoms with E-state index in [2.05, 4.69) is 10.00 Å². The van der Waals surface area contributed by atoms with Crippen molar-refractivity contribution in [3.63, 3.8) is 0 Å². The molecule has 6 nitrogen and oxygen atoms in total. The van der Waals surface area contributed by atoms with Crippen molar-refractivity contribution in [3.8, 4) is 0 Å². The minimum Gasteiger partial charge on any atom is -0.378 e. The Hall–Kier alpha value is -1.69. The molecule has 114 valence electrons. The third kappa shape index (κ3) is 3.32. The lowest BCUT2D eigenvalue weighted by molar-refractivity contribution is -0.120. The van der Waals surface area contributed by atoms with Crippen LogP contribution in [0.25, 0.3) is 0 Å². The van der Waals surface area contributed by atoms with E-state index in [9.17, 15) is 9.59 Å². The molecule has 0 radical (unpaired) electrons. The van der Waals surface area contributed by atoms with Gasteiger partial charge in [0.25, 0.3) is 5.56 Å². The molecule has 2 aliphatic rings. The molecule has 1 aliphatic heterocycles. The van der Waals surface area contributed by atoms with Crippen LogP contribution in [0, 0.1) is 5.92 Å². The third-order valence-corrected chi connectivity index (χ3v) is 4.35. The van der Waals surface area contributed by atoms with Gasteiger partial charge in [-0.25, -0.2) is 4.68 Å². The number of hydrogen-bond donors (Lipinski definition) is 0. The van der Waals surface area contributed by atoms with Gasteiger partial charge in [0.15, 0.2) is 0 Å². The highest BCUT2D eigenvalue weighted by Gasteiger charge is 2.24. The highest BCUT2D eigenvalue weighted by Crippen LogP contribution is 2.24. The molecule has 0 spiro atoms. The molecule has 0 amide bonds. The molecule has 1 atom stereocenters. The number of morpholine rings is 1. The van der Waals surface area contributed by atoms with Gasteiger partial charge in [-0.3, -0.25) is 9.59 Å². The number of aromatic nitrogens is 2. The molecule has 0 N–H and O–H groups in total. The van der Waals surface area contributed by atoms with Crippen molar-refractivity contribution in [2.75, 3.05) is 31.2 Å². The van der Waals surface area contributed by atoms with Gasteiger partial charge in [-0.15, -0.1) is 0 Å². The topological polar surface area (TPSA) is 64.4 Å². The first-order valence-corrected chi connectivity index (χ1v) is 7.66. The Morgan fingerprint density at radius 3 is 2.76 bits per heavy atom. The Morgan fingerprint density at radius 2 is 2.10 bits per heavy atom. The number of nitrogens with zero attached hydrogens (tertiary/aromatic N) is 3. The van der Waals surface area contributed by atoms with Gasteiger partial charge in [0.2, 0.25) is 0 Å². The molecule has 1 saturated carbocycles. The molecule has 6 heteroatoms. The Bertz CT molecular complexity index is 564. The number of Topliss-reactive ketones (excluding diaryl/α,β-unsaturated/α-hetero) is 1. The fraction of sp³-hybridized carbons (Fsp3) is 0.667. The van der Waals surface area contributed by atoms with Crippen LogP contribution in [0.3, 0.4) is 0 Å². The average molecular weight is 291 g/mol. The summed E-state index contributed by atoms with van der Waals surface area (Å²) in [5, 5.41) is 4.25. The van der Waals surface area contributed by atoms with Gasteiger partial charge in [-0.2, -0.15) is 5.10 Å². The van der Waals surface area contributed by atoms with Gasteiger partial charge in [0.1, 0.15) is 5.78 Å². The normalized spacial score (nSPS) is 22.8. The van der Waals surface area contributed by atoms with Crippen molar-refractivity contribution in [1.82, 2.24) is 9.78 Å². The van der Waals surface area contributed by atoms with Crippen molar-refractivity contribution < 1.29 is 9.53 Å². The molecular weight excluding hydrogens is 270 g/mol.